The number of benzene rings is 2. The number of carbonyl (C=O) groups excluding carboxylic acids is 1. The van der Waals surface area contributed by atoms with Gasteiger partial charge in [-0.3, -0.25) is 0 Å². The molecule has 3 N–H and O–H groups in total. The first-order valence-electron chi connectivity index (χ1n) is 10.6. The van der Waals surface area contributed by atoms with Crippen LogP contribution in [0.15, 0.2) is 54.9 Å². The molecule has 4 rings (SSSR count). The van der Waals surface area contributed by atoms with Crippen molar-refractivity contribution in [2.24, 2.45) is 0 Å². The normalized spacial score (nSPS) is 14.5. The van der Waals surface area contributed by atoms with E-state index in [2.05, 4.69) is 25.9 Å². The number of fused-ring (bicyclic) bond motifs is 1. The van der Waals surface area contributed by atoms with E-state index in [0.29, 0.717) is 32.7 Å². The summed E-state index contributed by atoms with van der Waals surface area (Å²) in [6.45, 7) is 5.34. The topological polar surface area (TPSA) is 97.4 Å². The Morgan fingerprint density at radius 1 is 1.09 bits per heavy atom. The lowest BCUT2D eigenvalue weighted by Gasteiger charge is -2.25. The maximum absolute atomic E-state index is 14.5. The fraction of sp³-hybridized carbons (Fsp3) is 0.208. The van der Waals surface area contributed by atoms with Gasteiger partial charge in [0.05, 0.1) is 28.5 Å². The third kappa shape index (κ3) is 6.32. The highest BCUT2D eigenvalue weighted by Crippen LogP contribution is 2.34. The summed E-state index contributed by atoms with van der Waals surface area (Å²) in [6, 6.07) is 9.57. The molecular formula is C24H22Cl2FN5O3. The van der Waals surface area contributed by atoms with Gasteiger partial charge in [0, 0.05) is 16.9 Å². The number of hydrogen-bond donors (Lipinski definition) is 3. The van der Waals surface area contributed by atoms with E-state index in [1.807, 2.05) is 0 Å². The summed E-state index contributed by atoms with van der Waals surface area (Å²) in [7, 11) is 0. The van der Waals surface area contributed by atoms with Gasteiger partial charge in [0.2, 0.25) is 5.95 Å². The Morgan fingerprint density at radius 2 is 1.83 bits per heavy atom. The zero-order valence-corrected chi connectivity index (χ0v) is 20.5. The van der Waals surface area contributed by atoms with Gasteiger partial charge in [-0.2, -0.15) is 4.98 Å². The van der Waals surface area contributed by atoms with Crippen molar-refractivity contribution < 1.29 is 18.7 Å². The molecular weight excluding hydrogens is 496 g/mol. The Balaban J connectivity index is 1.53. The first-order valence-corrected chi connectivity index (χ1v) is 11.3. The van der Waals surface area contributed by atoms with Gasteiger partial charge in [-0.05, 0) is 63.2 Å². The van der Waals surface area contributed by atoms with Crippen LogP contribution < -0.4 is 20.7 Å². The van der Waals surface area contributed by atoms with Crippen LogP contribution in [0.5, 0.6) is 5.75 Å². The first-order chi connectivity index (χ1) is 16.6. The van der Waals surface area contributed by atoms with Gasteiger partial charge in [0.1, 0.15) is 11.4 Å². The molecule has 0 aliphatic carbocycles. The fourth-order valence-electron chi connectivity index (χ4n) is 3.19. The number of alkyl carbamates (subject to hydrolysis) is 1. The van der Waals surface area contributed by atoms with Crippen LogP contribution >= 0.6 is 23.2 Å². The van der Waals surface area contributed by atoms with Crippen LogP contribution in [0, 0.1) is 5.82 Å². The fourth-order valence-corrected chi connectivity index (χ4v) is 3.48. The van der Waals surface area contributed by atoms with E-state index in [9.17, 15) is 9.18 Å². The maximum atomic E-state index is 14.5. The molecule has 0 saturated carbocycles. The molecule has 1 aliphatic heterocycles. The third-order valence-electron chi connectivity index (χ3n) is 4.67. The van der Waals surface area contributed by atoms with Crippen LogP contribution in [0.1, 0.15) is 32.4 Å². The number of hydrogen-bond acceptors (Lipinski definition) is 7. The largest absolute Gasteiger partial charge is 0.465 e. The van der Waals surface area contributed by atoms with E-state index in [1.165, 1.54) is 6.26 Å². The van der Waals surface area contributed by atoms with E-state index in [1.54, 1.807) is 63.2 Å². The molecule has 35 heavy (non-hydrogen) atoms. The SMILES string of the molecule is CC(C)(C)OC(=O)NC1C=COc2ccc(Nc3nc(Nc4ccc(Cl)c(Cl)c4)ncc3F)cc21. The summed E-state index contributed by atoms with van der Waals surface area (Å²) in [5, 5.41) is 9.46. The van der Waals surface area contributed by atoms with Crippen LogP contribution in [0.2, 0.25) is 10.0 Å². The molecule has 1 unspecified atom stereocenters. The Morgan fingerprint density at radius 3 is 2.57 bits per heavy atom. The van der Waals surface area contributed by atoms with E-state index in [0.717, 1.165) is 6.20 Å². The van der Waals surface area contributed by atoms with Gasteiger partial charge in [-0.15, -0.1) is 0 Å². The molecule has 182 valence electrons. The molecule has 0 radical (unpaired) electrons. The average molecular weight is 518 g/mol. The first kappa shape index (κ1) is 24.6. The molecule has 2 aromatic carbocycles. The molecule has 3 aromatic rings. The van der Waals surface area contributed by atoms with Crippen LogP contribution in [0.3, 0.4) is 0 Å². The molecule has 11 heteroatoms. The number of halogens is 3. The predicted octanol–water partition coefficient (Wildman–Crippen LogP) is 6.88. The molecule has 0 saturated heterocycles. The van der Waals surface area contributed by atoms with Gasteiger partial charge < -0.3 is 25.4 Å². The van der Waals surface area contributed by atoms with Crippen LogP contribution in [0.25, 0.3) is 0 Å². The molecule has 2 heterocycles. The number of anilines is 4. The summed E-state index contributed by atoms with van der Waals surface area (Å²) in [5.74, 6) is -0.00126. The van der Waals surface area contributed by atoms with E-state index >= 15 is 0 Å². The van der Waals surface area contributed by atoms with Crippen molar-refractivity contribution in [3.63, 3.8) is 0 Å². The van der Waals surface area contributed by atoms with Gasteiger partial charge in [-0.1, -0.05) is 23.2 Å². The highest BCUT2D eigenvalue weighted by molar-refractivity contribution is 6.42. The zero-order valence-electron chi connectivity index (χ0n) is 19.0. The van der Waals surface area contributed by atoms with Gasteiger partial charge >= 0.3 is 6.09 Å². The lowest BCUT2D eigenvalue weighted by atomic mass is 10.0. The lowest BCUT2D eigenvalue weighted by molar-refractivity contribution is 0.0512. The van der Waals surface area contributed by atoms with E-state index in [4.69, 9.17) is 32.7 Å². The summed E-state index contributed by atoms with van der Waals surface area (Å²) >= 11 is 12.0. The summed E-state index contributed by atoms with van der Waals surface area (Å²) in [6.07, 6.45) is 3.65. The number of rotatable bonds is 5. The molecule has 1 aliphatic rings. The molecule has 8 nitrogen and oxygen atoms in total. The molecule has 1 atom stereocenters. The second kappa shape index (κ2) is 9.97. The number of carbonyl (C=O) groups is 1. The highest BCUT2D eigenvalue weighted by atomic mass is 35.5. The number of nitrogens with one attached hydrogen (secondary N) is 3. The molecule has 0 spiro atoms. The summed E-state index contributed by atoms with van der Waals surface area (Å²) < 4.78 is 25.4. The highest BCUT2D eigenvalue weighted by Gasteiger charge is 2.24. The smallest absolute Gasteiger partial charge is 0.408 e. The minimum absolute atomic E-state index is 0.0496. The van der Waals surface area contributed by atoms with Crippen molar-refractivity contribution in [2.45, 2.75) is 32.4 Å². The number of ether oxygens (including phenoxy) is 2. The van der Waals surface area contributed by atoms with E-state index < -0.39 is 23.6 Å². The van der Waals surface area contributed by atoms with Crippen molar-refractivity contribution >= 4 is 52.4 Å². The molecule has 1 amide bonds. The van der Waals surface area contributed by atoms with Gasteiger partial charge in [-0.25, -0.2) is 14.2 Å². The van der Waals surface area contributed by atoms with Crippen molar-refractivity contribution in [3.05, 3.63) is 76.4 Å². The minimum Gasteiger partial charge on any atom is -0.465 e. The van der Waals surface area contributed by atoms with Crippen molar-refractivity contribution in [1.29, 1.82) is 0 Å². The standard InChI is InChI=1S/C24H22Cl2FN5O3/c1-24(2,3)35-23(33)31-19-8-9-34-20-7-5-13(10-15(19)20)29-21-18(27)12-28-22(32-21)30-14-4-6-16(25)17(26)11-14/h4-12,19H,1-3H3,(H,31,33)(H2,28,29,30,32). The Bertz CT molecular complexity index is 1300. The molecule has 0 fully saturated rings. The minimum atomic E-state index is -0.651. The Kier molecular flexibility index (Phi) is 7.00. The maximum Gasteiger partial charge on any atom is 0.408 e. The summed E-state index contributed by atoms with van der Waals surface area (Å²) in [5.41, 5.74) is 1.13. The second-order valence-corrected chi connectivity index (χ2v) is 9.41. The van der Waals surface area contributed by atoms with Crippen LogP contribution in [-0.4, -0.2) is 21.7 Å². The number of aromatic nitrogens is 2. The number of amides is 1. The van der Waals surface area contributed by atoms with E-state index in [-0.39, 0.29) is 11.8 Å². The summed E-state index contributed by atoms with van der Waals surface area (Å²) in [4.78, 5) is 20.5. The number of nitrogens with zero attached hydrogens (tertiary/aromatic N) is 2. The third-order valence-corrected chi connectivity index (χ3v) is 5.40. The van der Waals surface area contributed by atoms with Crippen molar-refractivity contribution in [2.75, 3.05) is 10.6 Å². The monoisotopic (exact) mass is 517 g/mol. The van der Waals surface area contributed by atoms with Crippen LogP contribution in [0.4, 0.5) is 32.3 Å². The average Bonchev–Trinajstić information content (AvgIpc) is 2.78. The lowest BCUT2D eigenvalue weighted by Crippen LogP contribution is -2.35. The quantitative estimate of drug-likeness (QED) is 0.339. The van der Waals surface area contributed by atoms with Crippen molar-refractivity contribution in [3.8, 4) is 5.75 Å². The molecule has 0 bridgehead atoms. The predicted molar refractivity (Wildman–Crippen MR) is 133 cm³/mol. The molecule has 1 aromatic heterocycles. The zero-order chi connectivity index (χ0) is 25.2. The van der Waals surface area contributed by atoms with Crippen LogP contribution in [-0.2, 0) is 4.74 Å². The second-order valence-electron chi connectivity index (χ2n) is 8.59. The van der Waals surface area contributed by atoms with Crippen molar-refractivity contribution in [1.82, 2.24) is 15.3 Å². The van der Waals surface area contributed by atoms with Gasteiger partial charge in [0.25, 0.3) is 0 Å². The Hall–Kier alpha value is -3.56. The Labute approximate surface area is 211 Å². The van der Waals surface area contributed by atoms with Gasteiger partial charge in [0.15, 0.2) is 11.6 Å².